The fraction of sp³-hybridized carbons (Fsp3) is 0.985. The quantitative estimate of drug-likeness (QED) is 0.0289. The average Bonchev–Trinajstić information content (AvgIpc) is 4.38. The number of unbranched alkanes of at least 4 members (excludes halogenated alkanes) is 16. The number of carbonyl (C=O) groups is 1. The molecule has 15 heteroatoms. The van der Waals surface area contributed by atoms with Crippen molar-refractivity contribution >= 4 is 5.97 Å². The number of ether oxygens (including phenoxy) is 7. The van der Waals surface area contributed by atoms with E-state index in [4.69, 9.17) is 33.2 Å². The number of hydrogen-bond acceptors (Lipinski definition) is 15. The van der Waals surface area contributed by atoms with E-state index in [0.717, 1.165) is 51.4 Å². The van der Waals surface area contributed by atoms with Crippen LogP contribution in [0.2, 0.25) is 0 Å². The maximum atomic E-state index is 10.8. The van der Waals surface area contributed by atoms with Gasteiger partial charge in [0, 0.05) is 5.92 Å². The number of aliphatic hydroxyl groups is 4. The van der Waals surface area contributed by atoms with Gasteiger partial charge in [0.05, 0.1) is 76.1 Å². The molecule has 0 amide bonds. The molecule has 15 nitrogen and oxygen atoms in total. The first kappa shape index (κ1) is 74.2. The smallest absolute Gasteiger partial charge is 0.334 e. The van der Waals surface area contributed by atoms with E-state index < -0.39 is 5.54 Å². The van der Waals surface area contributed by atoms with Crippen LogP contribution in [0, 0.1) is 23.7 Å². The van der Waals surface area contributed by atoms with Crippen LogP contribution in [0.1, 0.15) is 275 Å². The number of cyclic esters (lactones) is 1. The summed E-state index contributed by atoms with van der Waals surface area (Å²) in [4.78, 5) is 15.6. The van der Waals surface area contributed by atoms with Crippen molar-refractivity contribution in [3.05, 3.63) is 0 Å². The molecule has 0 spiro atoms. The number of rotatable bonds is 40. The van der Waals surface area contributed by atoms with Crippen molar-refractivity contribution in [3.8, 4) is 0 Å². The Labute approximate surface area is 496 Å². The molecule has 480 valence electrons. The molecule has 0 radical (unpaired) electrons. The zero-order valence-electron chi connectivity index (χ0n) is 53.9. The van der Waals surface area contributed by atoms with E-state index in [1.165, 1.54) is 154 Å². The van der Waals surface area contributed by atoms with E-state index in [1.807, 2.05) is 0 Å². The maximum absolute atomic E-state index is 10.8. The van der Waals surface area contributed by atoms with Crippen molar-refractivity contribution < 1.29 is 58.4 Å². The highest BCUT2D eigenvalue weighted by molar-refractivity contribution is 5.72. The summed E-state index contributed by atoms with van der Waals surface area (Å²) in [6.45, 7) is 25.3. The van der Waals surface area contributed by atoms with Gasteiger partial charge in [0.25, 0.3) is 0 Å². The van der Waals surface area contributed by atoms with Crippen LogP contribution in [0.3, 0.4) is 0 Å². The van der Waals surface area contributed by atoms with E-state index in [9.17, 15) is 25.2 Å². The predicted molar refractivity (Wildman–Crippen MR) is 326 cm³/mol. The SMILES string of the molecule is CCCCC(CC)C1NC(CO)(CO)CO1.CCCCC(CC)C1OCC(=O)O1.CCCCC(CC)C1OCC2(CO)COC(C(CC)CCCC)N12.CCCCCCCCCC1OCC2(CO)COC(CCCCCCCCC)N12. The van der Waals surface area contributed by atoms with Gasteiger partial charge in [0.2, 0.25) is 6.29 Å². The molecule has 6 fully saturated rings. The van der Waals surface area contributed by atoms with Crippen LogP contribution < -0.4 is 5.32 Å². The average molecular weight is 1160 g/mol. The normalized spacial score (nSPS) is 28.3. The fourth-order valence-corrected chi connectivity index (χ4v) is 13.0. The second-order valence-corrected chi connectivity index (χ2v) is 25.2. The van der Waals surface area contributed by atoms with Gasteiger partial charge >= 0.3 is 5.97 Å². The van der Waals surface area contributed by atoms with E-state index in [2.05, 4.69) is 84.4 Å². The summed E-state index contributed by atoms with van der Waals surface area (Å²) in [6.07, 6.45) is 39.6. The van der Waals surface area contributed by atoms with E-state index in [0.29, 0.717) is 56.7 Å². The van der Waals surface area contributed by atoms with E-state index in [-0.39, 0.29) is 87.5 Å². The first-order valence-corrected chi connectivity index (χ1v) is 34.1. The molecular formula is C66H129N3O12. The van der Waals surface area contributed by atoms with Crippen molar-refractivity contribution in [1.29, 1.82) is 0 Å². The van der Waals surface area contributed by atoms with Crippen molar-refractivity contribution in [2.75, 3.05) is 66.1 Å². The Bertz CT molecular complexity index is 1490. The molecule has 10 atom stereocenters. The van der Waals surface area contributed by atoms with Crippen LogP contribution in [0.4, 0.5) is 0 Å². The summed E-state index contributed by atoms with van der Waals surface area (Å²) in [5.41, 5.74) is -1.23. The Hall–Kier alpha value is -1.05. The third-order valence-electron chi connectivity index (χ3n) is 18.7. The van der Waals surface area contributed by atoms with E-state index >= 15 is 0 Å². The third-order valence-corrected chi connectivity index (χ3v) is 18.7. The second-order valence-electron chi connectivity index (χ2n) is 25.2. The topological polar surface area (TPSA) is 181 Å². The lowest BCUT2D eigenvalue weighted by Crippen LogP contribution is -2.54. The Morgan fingerprint density at radius 2 is 0.815 bits per heavy atom. The maximum Gasteiger partial charge on any atom is 0.334 e. The molecule has 0 aromatic rings. The summed E-state index contributed by atoms with van der Waals surface area (Å²) in [6, 6.07) is 0. The largest absolute Gasteiger partial charge is 0.434 e. The second kappa shape index (κ2) is 42.7. The first-order valence-electron chi connectivity index (χ1n) is 34.1. The predicted octanol–water partition coefficient (Wildman–Crippen LogP) is 13.2. The Morgan fingerprint density at radius 1 is 0.432 bits per heavy atom. The van der Waals surface area contributed by atoms with Gasteiger partial charge in [-0.15, -0.1) is 0 Å². The minimum atomic E-state index is -0.635. The summed E-state index contributed by atoms with van der Waals surface area (Å²) in [5.74, 6) is 1.70. The molecular weight excluding hydrogens is 1030 g/mol. The van der Waals surface area contributed by atoms with Gasteiger partial charge in [-0.25, -0.2) is 14.6 Å². The van der Waals surface area contributed by atoms with Crippen LogP contribution in [0.5, 0.6) is 0 Å². The number of carbonyl (C=O) groups excluding carboxylic acids is 1. The van der Waals surface area contributed by atoms with Gasteiger partial charge in [-0.3, -0.25) is 5.32 Å². The zero-order valence-corrected chi connectivity index (χ0v) is 53.9. The Morgan fingerprint density at radius 3 is 1.19 bits per heavy atom. The molecule has 0 bridgehead atoms. The molecule has 0 aliphatic carbocycles. The number of fused-ring (bicyclic) bond motifs is 2. The molecule has 6 heterocycles. The molecule has 0 saturated carbocycles. The van der Waals surface area contributed by atoms with Gasteiger partial charge in [-0.2, -0.15) is 0 Å². The van der Waals surface area contributed by atoms with Crippen LogP contribution in [-0.4, -0.2) is 156 Å². The van der Waals surface area contributed by atoms with Crippen LogP contribution in [0.25, 0.3) is 0 Å². The van der Waals surface area contributed by atoms with Gasteiger partial charge in [-0.1, -0.05) is 198 Å². The van der Waals surface area contributed by atoms with Crippen molar-refractivity contribution in [1.82, 2.24) is 15.1 Å². The summed E-state index contributed by atoms with van der Waals surface area (Å²) >= 11 is 0. The molecule has 6 rings (SSSR count). The number of aliphatic hydroxyl groups excluding tert-OH is 4. The zero-order chi connectivity index (χ0) is 59.4. The van der Waals surface area contributed by atoms with Crippen molar-refractivity contribution in [2.24, 2.45) is 23.7 Å². The Balaban J connectivity index is 0.000000295. The lowest BCUT2D eigenvalue weighted by atomic mass is 9.91. The minimum Gasteiger partial charge on any atom is -0.434 e. The van der Waals surface area contributed by atoms with Crippen molar-refractivity contribution in [3.63, 3.8) is 0 Å². The summed E-state index contributed by atoms with van der Waals surface area (Å²) in [7, 11) is 0. The number of nitrogens with one attached hydrogen (secondary N) is 1. The molecule has 6 aliphatic rings. The highest BCUT2D eigenvalue weighted by Crippen LogP contribution is 2.44. The molecule has 6 aliphatic heterocycles. The summed E-state index contributed by atoms with van der Waals surface area (Å²) < 4.78 is 40.8. The molecule has 6 saturated heterocycles. The highest BCUT2D eigenvalue weighted by Gasteiger charge is 2.58. The van der Waals surface area contributed by atoms with Crippen molar-refractivity contribution in [2.45, 2.75) is 329 Å². The van der Waals surface area contributed by atoms with Gasteiger partial charge in [-0.05, 0) is 94.8 Å². The number of hydrogen-bond donors (Lipinski definition) is 5. The number of nitrogens with zero attached hydrogens (tertiary/aromatic N) is 2. The molecule has 10 unspecified atom stereocenters. The van der Waals surface area contributed by atoms with Gasteiger partial charge in [0.1, 0.15) is 37.7 Å². The molecule has 0 aromatic heterocycles. The third kappa shape index (κ3) is 23.5. The van der Waals surface area contributed by atoms with Crippen LogP contribution in [0.15, 0.2) is 0 Å². The Kier molecular flexibility index (Phi) is 39.1. The lowest BCUT2D eigenvalue weighted by molar-refractivity contribution is -0.148. The van der Waals surface area contributed by atoms with Gasteiger partial charge < -0.3 is 53.6 Å². The minimum absolute atomic E-state index is 0.0177. The molecule has 0 aromatic carbocycles. The monoisotopic (exact) mass is 1160 g/mol. The van der Waals surface area contributed by atoms with E-state index in [1.54, 1.807) is 0 Å². The standard InChI is InChI=1S/C24H47NO3.C20H39NO3.C12H25NO3.C10H18O3/c1-3-5-7-9-11-13-15-17-22-25-23(18-16-14-12-10-8-6-4-2)28-21-24(25,19-26)20-27-22;1-5-9-11-16(7-3)18-21-19(17(8-4)12-10-6-2)24-15-20(21,13-22)14-23-18;1-3-5-6-10(4-2)11-13-12(7-14,8-15)9-16-11;1-3-5-6-8(4-2)10-12-7-9(11)13-10/h22-23,26H,3-21H2,1-2H3;16-19,22H,5-15H2,1-4H3;10-11,13-15H,3-9H2,1-2H3;8,10H,3-7H2,1-2H3. The van der Waals surface area contributed by atoms with Gasteiger partial charge in [0.15, 0.2) is 0 Å². The van der Waals surface area contributed by atoms with Crippen LogP contribution >= 0.6 is 0 Å². The number of esters is 1. The summed E-state index contributed by atoms with van der Waals surface area (Å²) in [5, 5.41) is 41.9. The fourth-order valence-electron chi connectivity index (χ4n) is 13.0. The molecule has 5 N–H and O–H groups in total. The highest BCUT2D eigenvalue weighted by atomic mass is 16.7. The molecule has 81 heavy (non-hydrogen) atoms. The first-order chi connectivity index (χ1) is 39.4. The van der Waals surface area contributed by atoms with Crippen LogP contribution in [-0.2, 0) is 38.0 Å². The lowest BCUT2D eigenvalue weighted by Gasteiger charge is -2.39.